The van der Waals surface area contributed by atoms with Crippen molar-refractivity contribution in [1.82, 2.24) is 0 Å². The van der Waals surface area contributed by atoms with E-state index in [1.54, 1.807) is 20.8 Å². The molecule has 1 aromatic rings. The van der Waals surface area contributed by atoms with Crippen molar-refractivity contribution < 1.29 is 24.4 Å². The Kier molecular flexibility index (Phi) is 4.74. The van der Waals surface area contributed by atoms with Crippen molar-refractivity contribution in [3.8, 4) is 0 Å². The Morgan fingerprint density at radius 1 is 1.38 bits per heavy atom. The fourth-order valence-corrected chi connectivity index (χ4v) is 1.59. The highest BCUT2D eigenvalue weighted by atomic mass is 35.5. The smallest absolute Gasteiger partial charge is 0.424 e. The summed E-state index contributed by atoms with van der Waals surface area (Å²) in [4.78, 5) is 33.5. The quantitative estimate of drug-likeness (QED) is 0.658. The number of nitrogens with zero attached hydrogens (tertiary/aromatic N) is 2. The molecule has 0 radical (unpaired) electrons. The SMILES string of the molecule is CC(C)(C)OC(=O)N(C(=O)O)c1ccc(Cl)cc1[N+](=O)[O-]. The number of hydrogen-bond donors (Lipinski definition) is 1. The molecule has 0 saturated heterocycles. The van der Waals surface area contributed by atoms with Crippen LogP contribution >= 0.6 is 11.6 Å². The third kappa shape index (κ3) is 4.32. The maximum atomic E-state index is 11.9. The molecule has 0 atom stereocenters. The van der Waals surface area contributed by atoms with Gasteiger partial charge in [0.05, 0.1) is 4.92 Å². The normalized spacial score (nSPS) is 10.9. The second-order valence-corrected chi connectivity index (χ2v) is 5.42. The number of rotatable bonds is 2. The highest BCUT2D eigenvalue weighted by molar-refractivity contribution is 6.31. The van der Waals surface area contributed by atoms with E-state index in [2.05, 4.69) is 0 Å². The van der Waals surface area contributed by atoms with Crippen LogP contribution < -0.4 is 4.90 Å². The molecule has 0 aliphatic heterocycles. The first-order valence-electron chi connectivity index (χ1n) is 5.73. The lowest BCUT2D eigenvalue weighted by molar-refractivity contribution is -0.384. The molecule has 8 nitrogen and oxygen atoms in total. The van der Waals surface area contributed by atoms with Crippen molar-refractivity contribution in [2.45, 2.75) is 26.4 Å². The standard InChI is InChI=1S/C12H13ClN2O6/c1-12(2,3)21-11(18)14(10(16)17)8-5-4-7(13)6-9(8)15(19)20/h4-6H,1-3H3,(H,16,17). The number of ether oxygens (including phenoxy) is 1. The summed E-state index contributed by atoms with van der Waals surface area (Å²) in [7, 11) is 0. The monoisotopic (exact) mass is 316 g/mol. The summed E-state index contributed by atoms with van der Waals surface area (Å²) in [6.45, 7) is 4.63. The number of benzene rings is 1. The fourth-order valence-electron chi connectivity index (χ4n) is 1.42. The predicted octanol–water partition coefficient (Wildman–Crippen LogP) is 3.67. The summed E-state index contributed by atoms with van der Waals surface area (Å²) in [6.07, 6.45) is -2.94. The van der Waals surface area contributed by atoms with Crippen LogP contribution in [0.25, 0.3) is 0 Å². The number of imide groups is 1. The van der Waals surface area contributed by atoms with E-state index in [1.165, 1.54) is 6.07 Å². The maximum absolute atomic E-state index is 11.9. The summed E-state index contributed by atoms with van der Waals surface area (Å²) >= 11 is 5.64. The summed E-state index contributed by atoms with van der Waals surface area (Å²) in [5.41, 5.74) is -2.01. The second kappa shape index (κ2) is 5.96. The van der Waals surface area contributed by atoms with Crippen molar-refractivity contribution in [3.05, 3.63) is 33.3 Å². The molecule has 21 heavy (non-hydrogen) atoms. The Labute approximate surface area is 125 Å². The molecule has 0 fully saturated rings. The first-order chi connectivity index (χ1) is 9.53. The molecular weight excluding hydrogens is 304 g/mol. The van der Waals surface area contributed by atoms with E-state index in [4.69, 9.17) is 21.4 Å². The van der Waals surface area contributed by atoms with Gasteiger partial charge in [-0.2, -0.15) is 4.90 Å². The van der Waals surface area contributed by atoms with Gasteiger partial charge in [0.2, 0.25) is 0 Å². The molecule has 1 N–H and O–H groups in total. The predicted molar refractivity (Wildman–Crippen MR) is 74.8 cm³/mol. The van der Waals surface area contributed by atoms with Crippen molar-refractivity contribution in [2.75, 3.05) is 4.90 Å². The molecule has 0 heterocycles. The molecule has 1 aromatic carbocycles. The highest BCUT2D eigenvalue weighted by Crippen LogP contribution is 2.32. The number of anilines is 1. The van der Waals surface area contributed by atoms with Crippen LogP contribution in [0.5, 0.6) is 0 Å². The lowest BCUT2D eigenvalue weighted by Crippen LogP contribution is -2.40. The third-order valence-electron chi connectivity index (χ3n) is 2.14. The van der Waals surface area contributed by atoms with Crippen molar-refractivity contribution >= 4 is 35.2 Å². The van der Waals surface area contributed by atoms with Crippen LogP contribution in [-0.4, -0.2) is 27.8 Å². The zero-order valence-electron chi connectivity index (χ0n) is 11.5. The Morgan fingerprint density at radius 3 is 2.38 bits per heavy atom. The molecule has 114 valence electrons. The molecule has 9 heteroatoms. The van der Waals surface area contributed by atoms with Gasteiger partial charge in [-0.05, 0) is 32.9 Å². The number of amides is 2. The Bertz CT molecular complexity index is 596. The number of hydrogen-bond acceptors (Lipinski definition) is 5. The Balaban J connectivity index is 3.33. The van der Waals surface area contributed by atoms with Gasteiger partial charge >= 0.3 is 12.2 Å². The minimum Gasteiger partial charge on any atom is -0.464 e. The first-order valence-corrected chi connectivity index (χ1v) is 6.10. The van der Waals surface area contributed by atoms with Gasteiger partial charge in [0.1, 0.15) is 11.3 Å². The molecule has 0 aromatic heterocycles. The van der Waals surface area contributed by atoms with Gasteiger partial charge in [-0.25, -0.2) is 9.59 Å². The average Bonchev–Trinajstić information content (AvgIpc) is 2.28. The number of carbonyl (C=O) groups excluding carboxylic acids is 1. The molecule has 0 spiro atoms. The van der Waals surface area contributed by atoms with Crippen LogP contribution in [-0.2, 0) is 4.74 Å². The van der Waals surface area contributed by atoms with E-state index in [0.29, 0.717) is 0 Å². The lowest BCUT2D eigenvalue weighted by atomic mass is 10.2. The fraction of sp³-hybridized carbons (Fsp3) is 0.333. The highest BCUT2D eigenvalue weighted by Gasteiger charge is 2.33. The van der Waals surface area contributed by atoms with E-state index in [9.17, 15) is 19.7 Å². The van der Waals surface area contributed by atoms with Gasteiger partial charge < -0.3 is 9.84 Å². The number of nitro groups is 1. The van der Waals surface area contributed by atoms with Crippen LogP contribution in [0.15, 0.2) is 18.2 Å². The Morgan fingerprint density at radius 2 is 1.95 bits per heavy atom. The minimum atomic E-state index is -1.70. The van der Waals surface area contributed by atoms with Crippen LogP contribution in [0.1, 0.15) is 20.8 Å². The van der Waals surface area contributed by atoms with Crippen molar-refractivity contribution in [2.24, 2.45) is 0 Å². The summed E-state index contributed by atoms with van der Waals surface area (Å²) < 4.78 is 4.93. The van der Waals surface area contributed by atoms with Gasteiger partial charge in [-0.3, -0.25) is 10.1 Å². The van der Waals surface area contributed by atoms with Crippen molar-refractivity contribution in [1.29, 1.82) is 0 Å². The zero-order chi connectivity index (χ0) is 16.4. The van der Waals surface area contributed by atoms with Gasteiger partial charge in [0.25, 0.3) is 5.69 Å². The summed E-state index contributed by atoms with van der Waals surface area (Å²) in [5, 5.41) is 20.2. The summed E-state index contributed by atoms with van der Waals surface area (Å²) in [5.74, 6) is 0. The van der Waals surface area contributed by atoms with Gasteiger partial charge in [0.15, 0.2) is 0 Å². The number of nitro benzene ring substituents is 1. The molecule has 0 saturated carbocycles. The third-order valence-corrected chi connectivity index (χ3v) is 2.38. The minimum absolute atomic E-state index is 0.0416. The van der Waals surface area contributed by atoms with Gasteiger partial charge in [-0.1, -0.05) is 11.6 Å². The van der Waals surface area contributed by atoms with Gasteiger partial charge in [0, 0.05) is 11.1 Å². The second-order valence-electron chi connectivity index (χ2n) is 4.99. The van der Waals surface area contributed by atoms with Crippen molar-refractivity contribution in [3.63, 3.8) is 0 Å². The maximum Gasteiger partial charge on any atom is 0.424 e. The topological polar surface area (TPSA) is 110 Å². The molecule has 2 amide bonds. The molecule has 0 bridgehead atoms. The number of carboxylic acid groups (broad SMARTS) is 1. The molecule has 1 rings (SSSR count). The van der Waals surface area contributed by atoms with E-state index < -0.39 is 34.1 Å². The van der Waals surface area contributed by atoms with E-state index >= 15 is 0 Å². The average molecular weight is 317 g/mol. The molecule has 0 unspecified atom stereocenters. The summed E-state index contributed by atoms with van der Waals surface area (Å²) in [6, 6.07) is 3.26. The molecule has 0 aliphatic carbocycles. The number of carbonyl (C=O) groups is 2. The Hall–Kier alpha value is -2.35. The van der Waals surface area contributed by atoms with Crippen LogP contribution in [0, 0.1) is 10.1 Å². The molecular formula is C12H13ClN2O6. The molecule has 0 aliphatic rings. The van der Waals surface area contributed by atoms with Crippen LogP contribution in [0.3, 0.4) is 0 Å². The zero-order valence-corrected chi connectivity index (χ0v) is 12.2. The van der Waals surface area contributed by atoms with E-state index in [1.807, 2.05) is 0 Å². The largest absolute Gasteiger partial charge is 0.464 e. The first kappa shape index (κ1) is 16.7. The van der Waals surface area contributed by atoms with E-state index in [-0.39, 0.29) is 9.92 Å². The van der Waals surface area contributed by atoms with E-state index in [0.717, 1.165) is 12.1 Å². The number of halogens is 1. The van der Waals surface area contributed by atoms with Gasteiger partial charge in [-0.15, -0.1) is 0 Å². The van der Waals surface area contributed by atoms with Crippen LogP contribution in [0.4, 0.5) is 21.0 Å². The lowest BCUT2D eigenvalue weighted by Gasteiger charge is -2.24. The van der Waals surface area contributed by atoms with Crippen LogP contribution in [0.2, 0.25) is 5.02 Å².